The van der Waals surface area contributed by atoms with Crippen LogP contribution in [0.3, 0.4) is 0 Å². The molecule has 0 bridgehead atoms. The van der Waals surface area contributed by atoms with Crippen LogP contribution in [0.15, 0.2) is 0 Å². The van der Waals surface area contributed by atoms with E-state index in [2.05, 4.69) is 16.3 Å². The van der Waals surface area contributed by atoms with E-state index in [1.54, 1.807) is 6.92 Å². The summed E-state index contributed by atoms with van der Waals surface area (Å²) in [6, 6.07) is 0. The van der Waals surface area contributed by atoms with Crippen LogP contribution in [-0.2, 0) is 4.74 Å². The van der Waals surface area contributed by atoms with Gasteiger partial charge in [-0.05, 0) is 18.5 Å². The second-order valence-electron chi connectivity index (χ2n) is 0.659. The van der Waals surface area contributed by atoms with Crippen LogP contribution >= 0.6 is 11.6 Å². The van der Waals surface area contributed by atoms with E-state index in [0.717, 1.165) is 0 Å². The normalized spacial score (nSPS) is 10.0. The van der Waals surface area contributed by atoms with Gasteiger partial charge in [0.1, 0.15) is 0 Å². The first kappa shape index (κ1) is 6.18. The van der Waals surface area contributed by atoms with Gasteiger partial charge in [-0.1, -0.05) is 0 Å². The predicted octanol–water partition coefficient (Wildman–Crippen LogP) is 1.68. The van der Waals surface area contributed by atoms with Crippen molar-refractivity contribution in [1.29, 1.82) is 0 Å². The molecule has 0 aliphatic carbocycles. The van der Waals surface area contributed by atoms with Crippen molar-refractivity contribution in [1.82, 2.24) is 0 Å². The van der Waals surface area contributed by atoms with Crippen molar-refractivity contribution in [2.75, 3.05) is 6.61 Å². The molecule has 0 saturated heterocycles. The lowest BCUT2D eigenvalue weighted by Gasteiger charge is -1.90. The molecule has 0 saturated carbocycles. The average Bonchev–Trinajstić information content (AvgIpc) is 1.35. The van der Waals surface area contributed by atoms with E-state index in [-0.39, 0.29) is 6.61 Å². The zero-order valence-corrected chi connectivity index (χ0v) is 4.13. The van der Waals surface area contributed by atoms with Crippen molar-refractivity contribution < 1.29 is 9.13 Å². The van der Waals surface area contributed by atoms with Gasteiger partial charge in [0.05, 0.1) is 0 Å². The molecule has 1 nitrogen and oxygen atoms in total. The number of rotatable bonds is 2. The van der Waals surface area contributed by atoms with Gasteiger partial charge in [0.25, 0.3) is 0 Å². The molecule has 0 spiro atoms. The number of hydrogen-bond donors (Lipinski definition) is 0. The van der Waals surface area contributed by atoms with Crippen LogP contribution in [0, 0.1) is 5.82 Å². The Balaban J connectivity index is 2.63. The molecule has 0 amide bonds. The van der Waals surface area contributed by atoms with E-state index in [4.69, 9.17) is 0 Å². The third-order valence-electron chi connectivity index (χ3n) is 0.253. The second kappa shape index (κ2) is 3.37. The average molecular weight is 112 g/mol. The van der Waals surface area contributed by atoms with Crippen LogP contribution in [0.1, 0.15) is 6.92 Å². The molecule has 0 N–H and O–H groups in total. The lowest BCUT2D eigenvalue weighted by atomic mass is 10.9. The monoisotopic (exact) mass is 111 g/mol. The van der Waals surface area contributed by atoms with Crippen LogP contribution in [0.4, 0.5) is 4.39 Å². The Morgan fingerprint density at radius 1 is 2.00 bits per heavy atom. The van der Waals surface area contributed by atoms with Crippen LogP contribution in [0.25, 0.3) is 0 Å². The molecular weight excluding hydrogens is 106 g/mol. The minimum absolute atomic E-state index is 0.287. The number of halogens is 2. The van der Waals surface area contributed by atoms with Crippen molar-refractivity contribution in [3.8, 4) is 0 Å². The molecule has 0 aromatic carbocycles. The third kappa shape index (κ3) is 4.18. The van der Waals surface area contributed by atoms with Gasteiger partial charge in [-0.15, -0.1) is 0 Å². The maximum Gasteiger partial charge on any atom is 0.361 e. The summed E-state index contributed by atoms with van der Waals surface area (Å²) in [5, 5.41) is 0. The lowest BCUT2D eigenvalue weighted by molar-refractivity contribution is 0.119. The van der Waals surface area contributed by atoms with Gasteiger partial charge in [-0.3, -0.25) is 0 Å². The fourth-order valence-electron chi connectivity index (χ4n) is 0.109. The number of hydrogen-bond acceptors (Lipinski definition) is 1. The molecule has 37 valence electrons. The molecule has 0 heterocycles. The van der Waals surface area contributed by atoms with Crippen LogP contribution in [-0.4, -0.2) is 6.61 Å². The summed E-state index contributed by atoms with van der Waals surface area (Å²) in [6.07, 6.45) is 0. The first-order chi connectivity index (χ1) is 2.77. The first-order valence-electron chi connectivity index (χ1n) is 1.58. The van der Waals surface area contributed by atoms with Gasteiger partial charge in [0.2, 0.25) is 0 Å². The molecule has 0 aliphatic rings. The molecule has 6 heavy (non-hydrogen) atoms. The fourth-order valence-corrected chi connectivity index (χ4v) is 0.218. The molecule has 0 aliphatic heterocycles. The van der Waals surface area contributed by atoms with Gasteiger partial charge in [-0.2, -0.15) is 4.39 Å². The van der Waals surface area contributed by atoms with Crippen molar-refractivity contribution in [3.63, 3.8) is 0 Å². The van der Waals surface area contributed by atoms with E-state index in [1.165, 1.54) is 0 Å². The summed E-state index contributed by atoms with van der Waals surface area (Å²) in [6.45, 7) is 1.94. The molecule has 0 aromatic rings. The molecule has 0 rings (SSSR count). The van der Waals surface area contributed by atoms with E-state index in [0.29, 0.717) is 0 Å². The maximum absolute atomic E-state index is 11.2. The molecule has 3 heteroatoms. The molecule has 0 unspecified atom stereocenters. The minimum atomic E-state index is -0.988. The standard InChI is InChI=1S/C3H5ClFO/c1-2-6-3(4)5/h2H2,1H3. The zero-order valence-electron chi connectivity index (χ0n) is 3.37. The maximum atomic E-state index is 11.2. The summed E-state index contributed by atoms with van der Waals surface area (Å²) >= 11 is 4.61. The first-order valence-corrected chi connectivity index (χ1v) is 1.96. The Hall–Kier alpha value is 0.180. The molecule has 0 fully saturated rings. The fraction of sp³-hybridized carbons (Fsp3) is 0.667. The van der Waals surface area contributed by atoms with Gasteiger partial charge >= 0.3 is 5.82 Å². The summed E-state index contributed by atoms with van der Waals surface area (Å²) in [5.41, 5.74) is 0. The van der Waals surface area contributed by atoms with Gasteiger partial charge in [0, 0.05) is 6.61 Å². The van der Waals surface area contributed by atoms with Gasteiger partial charge < -0.3 is 4.74 Å². The van der Waals surface area contributed by atoms with Crippen molar-refractivity contribution in [2.24, 2.45) is 0 Å². The second-order valence-corrected chi connectivity index (χ2v) is 0.956. The molecular formula is C3H5ClFO. The van der Waals surface area contributed by atoms with E-state index >= 15 is 0 Å². The Kier molecular flexibility index (Phi) is 3.47. The largest absolute Gasteiger partial charge is 0.361 e. The van der Waals surface area contributed by atoms with Crippen LogP contribution in [0.5, 0.6) is 0 Å². The highest BCUT2D eigenvalue weighted by Gasteiger charge is 1.96. The molecule has 1 radical (unpaired) electrons. The quantitative estimate of drug-likeness (QED) is 0.527. The van der Waals surface area contributed by atoms with Gasteiger partial charge in [0.15, 0.2) is 0 Å². The third-order valence-corrected chi connectivity index (χ3v) is 0.363. The highest BCUT2D eigenvalue weighted by molar-refractivity contribution is 6.24. The summed E-state index contributed by atoms with van der Waals surface area (Å²) < 4.78 is 15.2. The summed E-state index contributed by atoms with van der Waals surface area (Å²) in [7, 11) is 0. The van der Waals surface area contributed by atoms with Crippen molar-refractivity contribution in [3.05, 3.63) is 5.82 Å². The zero-order chi connectivity index (χ0) is 4.99. The Labute approximate surface area is 41.1 Å². The molecule has 0 atom stereocenters. The van der Waals surface area contributed by atoms with E-state index in [1.807, 2.05) is 0 Å². The minimum Gasteiger partial charge on any atom is -0.329 e. The molecule has 0 aromatic heterocycles. The SMILES string of the molecule is CCO[C](F)Cl. The van der Waals surface area contributed by atoms with E-state index in [9.17, 15) is 4.39 Å². The van der Waals surface area contributed by atoms with E-state index < -0.39 is 5.82 Å². The Morgan fingerprint density at radius 2 is 2.50 bits per heavy atom. The Bertz CT molecular complexity index is 32.0. The number of ether oxygens (including phenoxy) is 1. The predicted molar refractivity (Wildman–Crippen MR) is 21.8 cm³/mol. The lowest BCUT2D eigenvalue weighted by Crippen LogP contribution is -1.85. The highest BCUT2D eigenvalue weighted by atomic mass is 35.5. The van der Waals surface area contributed by atoms with Crippen molar-refractivity contribution in [2.45, 2.75) is 6.92 Å². The highest BCUT2D eigenvalue weighted by Crippen LogP contribution is 2.06. The van der Waals surface area contributed by atoms with Gasteiger partial charge in [-0.25, -0.2) is 0 Å². The summed E-state index contributed by atoms with van der Waals surface area (Å²) in [4.78, 5) is 0. The Morgan fingerprint density at radius 3 is 2.50 bits per heavy atom. The topological polar surface area (TPSA) is 9.23 Å². The van der Waals surface area contributed by atoms with Crippen LogP contribution in [0.2, 0.25) is 0 Å². The van der Waals surface area contributed by atoms with Crippen LogP contribution < -0.4 is 0 Å². The van der Waals surface area contributed by atoms with Crippen molar-refractivity contribution >= 4 is 11.6 Å². The smallest absolute Gasteiger partial charge is 0.329 e. The summed E-state index contributed by atoms with van der Waals surface area (Å²) in [5.74, 6) is -0.988.